The summed E-state index contributed by atoms with van der Waals surface area (Å²) in [5.41, 5.74) is 4.45. The summed E-state index contributed by atoms with van der Waals surface area (Å²) in [5.74, 6) is 1.05. The van der Waals surface area contributed by atoms with E-state index in [9.17, 15) is 0 Å². The van der Waals surface area contributed by atoms with E-state index < -0.39 is 0 Å². The largest absolute Gasteiger partial charge is 0.348 e. The number of hydrogen-bond acceptors (Lipinski definition) is 4. The lowest BCUT2D eigenvalue weighted by atomic mass is 9.70. The van der Waals surface area contributed by atoms with Crippen LogP contribution >= 0.6 is 11.6 Å². The predicted molar refractivity (Wildman–Crippen MR) is 116 cm³/mol. The molecule has 0 saturated carbocycles. The van der Waals surface area contributed by atoms with Crippen LogP contribution in [0.3, 0.4) is 0 Å². The van der Waals surface area contributed by atoms with Crippen LogP contribution < -0.4 is 0 Å². The summed E-state index contributed by atoms with van der Waals surface area (Å²) in [6, 6.07) is 4.39. The second kappa shape index (κ2) is 6.96. The van der Waals surface area contributed by atoms with Gasteiger partial charge in [0, 0.05) is 53.4 Å². The van der Waals surface area contributed by atoms with Crippen molar-refractivity contribution in [3.05, 3.63) is 53.5 Å². The number of imidazole rings is 1. The van der Waals surface area contributed by atoms with Gasteiger partial charge in [-0.3, -0.25) is 9.58 Å². The van der Waals surface area contributed by atoms with E-state index in [1.165, 1.54) is 31.4 Å². The summed E-state index contributed by atoms with van der Waals surface area (Å²) in [5, 5.41) is 6.61. The molecule has 0 radical (unpaired) electrons. The number of halogens is 1. The number of aryl methyl sites for hydroxylation is 1. The number of likely N-dealkylation sites (tertiary alicyclic amines) is 1. The highest BCUT2D eigenvalue weighted by Gasteiger charge is 2.41. The summed E-state index contributed by atoms with van der Waals surface area (Å²) >= 11 is 6.31. The Labute approximate surface area is 179 Å². The van der Waals surface area contributed by atoms with Crippen LogP contribution in [0.4, 0.5) is 0 Å². The van der Waals surface area contributed by atoms with E-state index in [1.54, 1.807) is 6.20 Å². The molecule has 7 nitrogen and oxygen atoms in total. The Kier molecular flexibility index (Phi) is 4.21. The summed E-state index contributed by atoms with van der Waals surface area (Å²) in [7, 11) is 0. The van der Waals surface area contributed by atoms with Gasteiger partial charge in [-0.15, -0.1) is 0 Å². The van der Waals surface area contributed by atoms with Crippen LogP contribution in [0.1, 0.15) is 37.2 Å². The lowest BCUT2D eigenvalue weighted by molar-refractivity contribution is 0.124. The first kappa shape index (κ1) is 18.2. The van der Waals surface area contributed by atoms with Crippen molar-refractivity contribution in [3.8, 4) is 11.3 Å². The maximum absolute atomic E-state index is 6.31. The minimum Gasteiger partial charge on any atom is -0.348 e. The van der Waals surface area contributed by atoms with Gasteiger partial charge >= 0.3 is 0 Å². The molecule has 6 heterocycles. The molecular formula is C22H24ClN7. The smallest absolute Gasteiger partial charge is 0.138 e. The topological polar surface area (TPSA) is 78.4 Å². The maximum Gasteiger partial charge on any atom is 0.138 e. The molecule has 0 atom stereocenters. The van der Waals surface area contributed by atoms with Crippen LogP contribution in [-0.4, -0.2) is 47.7 Å². The third-order valence-corrected chi connectivity index (χ3v) is 7.18. The molecule has 1 saturated heterocycles. The van der Waals surface area contributed by atoms with Gasteiger partial charge in [0.1, 0.15) is 11.5 Å². The maximum atomic E-state index is 6.31. The van der Waals surface area contributed by atoms with Gasteiger partial charge in [-0.25, -0.2) is 9.97 Å². The molecule has 2 aliphatic rings. The molecule has 8 heteroatoms. The number of aromatic nitrogens is 6. The molecule has 0 aliphatic carbocycles. The van der Waals surface area contributed by atoms with E-state index in [0.29, 0.717) is 5.02 Å². The predicted octanol–water partition coefficient (Wildman–Crippen LogP) is 4.13. The molecule has 154 valence electrons. The highest BCUT2D eigenvalue weighted by Crippen LogP contribution is 2.44. The van der Waals surface area contributed by atoms with Gasteiger partial charge in [-0.05, 0) is 50.9 Å². The molecule has 30 heavy (non-hydrogen) atoms. The van der Waals surface area contributed by atoms with Crippen LogP contribution in [0.2, 0.25) is 5.02 Å². The van der Waals surface area contributed by atoms with Crippen molar-refractivity contribution < 1.29 is 0 Å². The van der Waals surface area contributed by atoms with E-state index in [2.05, 4.69) is 41.7 Å². The number of nitrogens with one attached hydrogen (secondary N) is 2. The first-order valence-corrected chi connectivity index (χ1v) is 11.0. The molecule has 0 bridgehead atoms. The Balaban J connectivity index is 1.28. The van der Waals surface area contributed by atoms with Crippen molar-refractivity contribution in [2.45, 2.75) is 44.2 Å². The molecular weight excluding hydrogens is 398 g/mol. The van der Waals surface area contributed by atoms with Gasteiger partial charge < -0.3 is 9.97 Å². The van der Waals surface area contributed by atoms with Gasteiger partial charge in [-0.1, -0.05) is 11.6 Å². The Morgan fingerprint density at radius 2 is 1.97 bits per heavy atom. The zero-order valence-electron chi connectivity index (χ0n) is 16.7. The van der Waals surface area contributed by atoms with Crippen molar-refractivity contribution in [2.75, 3.05) is 13.1 Å². The second-order valence-corrected chi connectivity index (χ2v) is 9.00. The average Bonchev–Trinajstić information content (AvgIpc) is 3.51. The van der Waals surface area contributed by atoms with E-state index in [4.69, 9.17) is 16.7 Å². The van der Waals surface area contributed by atoms with Gasteiger partial charge in [0.2, 0.25) is 0 Å². The number of hydrogen-bond donors (Lipinski definition) is 2. The standard InChI is InChI=1S/C22H24ClN7/c23-17-13-27-21-16(17)10-15(12-26-21)18-11-19-22(2-1-7-30(19)28-18)3-8-29(9-4-22)14-20-24-5-6-25-20/h5-6,10-13H,1-4,7-9,14H2,(H,24,25)(H,26,27). The number of rotatable bonds is 3. The minimum absolute atomic E-state index is 0.229. The van der Waals surface area contributed by atoms with Crippen molar-refractivity contribution in [2.24, 2.45) is 0 Å². The monoisotopic (exact) mass is 421 g/mol. The van der Waals surface area contributed by atoms with Crippen LogP contribution in [0.15, 0.2) is 36.9 Å². The van der Waals surface area contributed by atoms with Crippen molar-refractivity contribution >= 4 is 22.6 Å². The zero-order chi connectivity index (χ0) is 20.1. The molecule has 6 rings (SSSR count). The number of piperidine rings is 1. The Morgan fingerprint density at radius 1 is 1.07 bits per heavy atom. The molecule has 1 spiro atoms. The molecule has 0 aromatic carbocycles. The van der Waals surface area contributed by atoms with E-state index >= 15 is 0 Å². The van der Waals surface area contributed by atoms with Crippen molar-refractivity contribution in [1.82, 2.24) is 34.6 Å². The number of pyridine rings is 1. The summed E-state index contributed by atoms with van der Waals surface area (Å²) in [6.07, 6.45) is 12.2. The fourth-order valence-corrected chi connectivity index (χ4v) is 5.40. The summed E-state index contributed by atoms with van der Waals surface area (Å²) in [4.78, 5) is 17.7. The van der Waals surface area contributed by atoms with E-state index in [-0.39, 0.29) is 5.41 Å². The first-order valence-electron chi connectivity index (χ1n) is 10.6. The van der Waals surface area contributed by atoms with Gasteiger partial charge in [0.25, 0.3) is 0 Å². The first-order chi connectivity index (χ1) is 14.7. The highest BCUT2D eigenvalue weighted by molar-refractivity contribution is 6.35. The Bertz CT molecular complexity index is 1180. The lowest BCUT2D eigenvalue weighted by Gasteiger charge is -2.44. The van der Waals surface area contributed by atoms with Crippen LogP contribution in [0.25, 0.3) is 22.3 Å². The summed E-state index contributed by atoms with van der Waals surface area (Å²) < 4.78 is 2.24. The van der Waals surface area contributed by atoms with Gasteiger partial charge in [0.05, 0.1) is 17.3 Å². The fraction of sp³-hybridized carbons (Fsp3) is 0.409. The molecule has 4 aromatic heterocycles. The second-order valence-electron chi connectivity index (χ2n) is 8.59. The molecule has 1 fully saturated rings. The molecule has 0 amide bonds. The third-order valence-electron chi connectivity index (χ3n) is 6.87. The van der Waals surface area contributed by atoms with Gasteiger partial charge in [0.15, 0.2) is 0 Å². The van der Waals surface area contributed by atoms with Crippen molar-refractivity contribution in [3.63, 3.8) is 0 Å². The van der Waals surface area contributed by atoms with Crippen LogP contribution in [0, 0.1) is 0 Å². The SMILES string of the molecule is Clc1c[nH]c2ncc(-c3cc4n(n3)CCCC43CCN(Cc4ncc[nH]4)CC3)cc12. The molecule has 2 aliphatic heterocycles. The number of fused-ring (bicyclic) bond motifs is 3. The quantitative estimate of drug-likeness (QED) is 0.521. The van der Waals surface area contributed by atoms with E-state index in [1.807, 2.05) is 18.6 Å². The molecule has 0 unspecified atom stereocenters. The fourth-order valence-electron chi connectivity index (χ4n) is 5.20. The minimum atomic E-state index is 0.229. The van der Waals surface area contributed by atoms with Crippen LogP contribution in [-0.2, 0) is 18.5 Å². The third kappa shape index (κ3) is 2.96. The highest BCUT2D eigenvalue weighted by atomic mass is 35.5. The molecule has 2 N–H and O–H groups in total. The normalized spacial score (nSPS) is 18.8. The average molecular weight is 422 g/mol. The number of nitrogens with zero attached hydrogens (tertiary/aromatic N) is 5. The van der Waals surface area contributed by atoms with E-state index in [0.717, 1.165) is 54.3 Å². The number of H-pyrrole nitrogens is 2. The number of aromatic amines is 2. The lowest BCUT2D eigenvalue weighted by Crippen LogP contribution is -2.45. The van der Waals surface area contributed by atoms with Crippen LogP contribution in [0.5, 0.6) is 0 Å². The molecule has 4 aromatic rings. The summed E-state index contributed by atoms with van der Waals surface area (Å²) in [6.45, 7) is 4.08. The van der Waals surface area contributed by atoms with Crippen molar-refractivity contribution in [1.29, 1.82) is 0 Å². The Hall–Kier alpha value is -2.64. The Morgan fingerprint density at radius 3 is 2.80 bits per heavy atom. The zero-order valence-corrected chi connectivity index (χ0v) is 17.5. The van der Waals surface area contributed by atoms with Gasteiger partial charge in [-0.2, -0.15) is 5.10 Å².